The van der Waals surface area contributed by atoms with E-state index in [1.54, 1.807) is 6.21 Å². The maximum atomic E-state index is 11.7. The van der Waals surface area contributed by atoms with Crippen LogP contribution in [0.4, 0.5) is 0 Å². The van der Waals surface area contributed by atoms with Crippen LogP contribution < -0.4 is 11.1 Å². The zero-order chi connectivity index (χ0) is 12.0. The lowest BCUT2D eigenvalue weighted by Crippen LogP contribution is -2.38. The lowest BCUT2D eigenvalue weighted by atomic mass is 9.97. The Morgan fingerprint density at radius 1 is 1.44 bits per heavy atom. The van der Waals surface area contributed by atoms with E-state index in [1.165, 1.54) is 0 Å². The quantitative estimate of drug-likeness (QED) is 0.490. The summed E-state index contributed by atoms with van der Waals surface area (Å²) in [6.45, 7) is 5.79. The van der Waals surface area contributed by atoms with Gasteiger partial charge in [-0.25, -0.2) is 0 Å². The molecular weight excluding hydrogens is 206 g/mol. The van der Waals surface area contributed by atoms with Gasteiger partial charge in [-0.3, -0.25) is 14.2 Å². The van der Waals surface area contributed by atoms with Gasteiger partial charge < -0.3 is 18.0 Å². The van der Waals surface area contributed by atoms with Crippen molar-refractivity contribution in [2.45, 2.75) is 19.3 Å². The first-order chi connectivity index (χ1) is 7.63. The van der Waals surface area contributed by atoms with Crippen LogP contribution in [0, 0.1) is 12.8 Å². The van der Waals surface area contributed by atoms with Gasteiger partial charge in [0.15, 0.2) is 0 Å². The molecule has 1 heterocycles. The fourth-order valence-corrected chi connectivity index (χ4v) is 1.80. The van der Waals surface area contributed by atoms with Crippen LogP contribution in [0.25, 0.3) is 0 Å². The Bertz CT molecular complexity index is 290. The van der Waals surface area contributed by atoms with Crippen molar-refractivity contribution >= 4 is 18.0 Å². The predicted molar refractivity (Wildman–Crippen MR) is 61.0 cm³/mol. The lowest BCUT2D eigenvalue weighted by Gasteiger charge is -2.20. The van der Waals surface area contributed by atoms with Crippen LogP contribution in [0.2, 0.25) is 0 Å². The monoisotopic (exact) mass is 225 g/mol. The Morgan fingerprint density at radius 3 is 2.56 bits per heavy atom. The summed E-state index contributed by atoms with van der Waals surface area (Å²) in [4.78, 5) is 22.2. The van der Waals surface area contributed by atoms with Gasteiger partial charge in [-0.2, -0.15) is 0 Å². The van der Waals surface area contributed by atoms with E-state index in [9.17, 15) is 9.59 Å². The van der Waals surface area contributed by atoms with Gasteiger partial charge >= 0.3 is 0 Å². The van der Waals surface area contributed by atoms with Crippen molar-refractivity contribution in [3.8, 4) is 0 Å². The van der Waals surface area contributed by atoms with Crippen molar-refractivity contribution in [2.75, 3.05) is 19.6 Å². The van der Waals surface area contributed by atoms with Crippen molar-refractivity contribution in [2.24, 2.45) is 11.7 Å². The Morgan fingerprint density at radius 2 is 2.06 bits per heavy atom. The number of piperidine rings is 1. The molecule has 90 valence electrons. The molecule has 0 spiro atoms. The Hall–Kier alpha value is -1.52. The first-order valence-electron chi connectivity index (χ1n) is 5.56. The molecule has 1 fully saturated rings. The molecule has 5 nitrogen and oxygen atoms in total. The largest absolute Gasteiger partial charge is 0.370 e. The molecule has 0 bridgehead atoms. The van der Waals surface area contributed by atoms with Crippen molar-refractivity contribution in [1.29, 1.82) is 0 Å². The zero-order valence-electron chi connectivity index (χ0n) is 9.45. The van der Waals surface area contributed by atoms with Crippen molar-refractivity contribution in [1.82, 2.24) is 5.32 Å². The minimum Gasteiger partial charge on any atom is -0.370 e. The van der Waals surface area contributed by atoms with E-state index < -0.39 is 0 Å². The molecule has 0 saturated carbocycles. The highest BCUT2D eigenvalue weighted by atomic mass is 16.2. The summed E-state index contributed by atoms with van der Waals surface area (Å²) in [6.07, 6.45) is 3.70. The third-order valence-corrected chi connectivity index (χ3v) is 2.83. The van der Waals surface area contributed by atoms with Crippen LogP contribution in [0.15, 0.2) is 0 Å². The molecule has 1 rings (SSSR count). The number of hydrogen-bond donors (Lipinski definition) is 2. The molecule has 1 aliphatic rings. The summed E-state index contributed by atoms with van der Waals surface area (Å²) in [5, 5.41) is 2.73. The summed E-state index contributed by atoms with van der Waals surface area (Å²) in [5.74, 6) is -0.296. The molecule has 0 radical (unpaired) electrons. The summed E-state index contributed by atoms with van der Waals surface area (Å²) in [7, 11) is 0. The lowest BCUT2D eigenvalue weighted by molar-refractivity contribution is -0.534. The van der Waals surface area contributed by atoms with Crippen molar-refractivity contribution < 1.29 is 14.2 Å². The van der Waals surface area contributed by atoms with Gasteiger partial charge in [0, 0.05) is 37.9 Å². The number of primary amides is 1. The molecule has 0 unspecified atom stereocenters. The van der Waals surface area contributed by atoms with E-state index in [1.807, 2.05) is 0 Å². The molecule has 5 heteroatoms. The third kappa shape index (κ3) is 3.92. The molecule has 1 aliphatic heterocycles. The van der Waals surface area contributed by atoms with Gasteiger partial charge in [0.2, 0.25) is 11.8 Å². The molecule has 0 aromatic heterocycles. The van der Waals surface area contributed by atoms with Gasteiger partial charge in [-0.15, -0.1) is 0 Å². The van der Waals surface area contributed by atoms with E-state index in [2.05, 4.69) is 16.8 Å². The van der Waals surface area contributed by atoms with E-state index in [4.69, 9.17) is 5.73 Å². The van der Waals surface area contributed by atoms with Crippen molar-refractivity contribution in [3.05, 3.63) is 6.92 Å². The molecule has 0 aromatic carbocycles. The number of rotatable bonds is 4. The van der Waals surface area contributed by atoms with Gasteiger partial charge in [0.25, 0.3) is 0 Å². The fourth-order valence-electron chi connectivity index (χ4n) is 1.80. The van der Waals surface area contributed by atoms with Crippen LogP contribution in [0.5, 0.6) is 0 Å². The molecule has 1 saturated heterocycles. The smallest absolute Gasteiger partial charge is 0.223 e. The summed E-state index contributed by atoms with van der Waals surface area (Å²) in [6, 6.07) is 0. The first kappa shape index (κ1) is 12.5. The minimum absolute atomic E-state index is 0.0324. The zero-order valence-corrected chi connectivity index (χ0v) is 9.45. The highest BCUT2D eigenvalue weighted by molar-refractivity contribution is 5.80. The highest BCUT2D eigenvalue weighted by Gasteiger charge is 2.25. The van der Waals surface area contributed by atoms with Crippen LogP contribution in [0.3, 0.4) is 0 Å². The molecule has 16 heavy (non-hydrogen) atoms. The van der Waals surface area contributed by atoms with Gasteiger partial charge in [-0.1, -0.05) is 0 Å². The third-order valence-electron chi connectivity index (χ3n) is 2.83. The topological polar surface area (TPSA) is 75.2 Å². The second-order valence-electron chi connectivity index (χ2n) is 4.00. The molecular formula is C11H19N3O2. The molecule has 0 atom stereocenters. The fraction of sp³-hybridized carbons (Fsp3) is 0.636. The second kappa shape index (κ2) is 6.15. The molecule has 3 N–H and O–H groups in total. The SMILES string of the molecule is [CH2-]C=[N+]1CCC(C(=O)NCCC(N)=O)CC1. The second-order valence-corrected chi connectivity index (χ2v) is 4.00. The Kier molecular flexibility index (Phi) is 4.82. The summed E-state index contributed by atoms with van der Waals surface area (Å²) >= 11 is 0. The maximum Gasteiger partial charge on any atom is 0.223 e. The van der Waals surface area contributed by atoms with Crippen LogP contribution in [0.1, 0.15) is 19.3 Å². The number of nitrogens with zero attached hydrogens (tertiary/aromatic N) is 1. The van der Waals surface area contributed by atoms with E-state index >= 15 is 0 Å². The predicted octanol–water partition coefficient (Wildman–Crippen LogP) is -0.695. The maximum absolute atomic E-state index is 11.7. The number of hydrogen-bond acceptors (Lipinski definition) is 2. The highest BCUT2D eigenvalue weighted by Crippen LogP contribution is 2.14. The van der Waals surface area contributed by atoms with Gasteiger partial charge in [-0.05, 0) is 0 Å². The van der Waals surface area contributed by atoms with Gasteiger partial charge in [0.05, 0.1) is 0 Å². The Labute approximate surface area is 95.7 Å². The van der Waals surface area contributed by atoms with Crippen LogP contribution in [-0.2, 0) is 9.59 Å². The van der Waals surface area contributed by atoms with E-state index in [0.29, 0.717) is 6.54 Å². The molecule has 2 amide bonds. The average molecular weight is 225 g/mol. The molecule has 0 aliphatic carbocycles. The standard InChI is InChI=1S/C11H19N3O2/c1-2-14-7-4-9(5-8-14)11(16)13-6-3-10(12)15/h2,9H,1,3-8H2,(H2,12,15)(H,13,16). The van der Waals surface area contributed by atoms with E-state index in [-0.39, 0.29) is 24.2 Å². The van der Waals surface area contributed by atoms with Crippen LogP contribution in [-0.4, -0.2) is 42.2 Å². The number of nitrogens with one attached hydrogen (secondary N) is 1. The number of carbonyl (C=O) groups is 2. The van der Waals surface area contributed by atoms with Crippen molar-refractivity contribution in [3.63, 3.8) is 0 Å². The summed E-state index contributed by atoms with van der Waals surface area (Å²) < 4.78 is 2.10. The first-order valence-corrected chi connectivity index (χ1v) is 5.56. The summed E-state index contributed by atoms with van der Waals surface area (Å²) in [5.41, 5.74) is 4.99. The minimum atomic E-state index is -0.387. The van der Waals surface area contributed by atoms with Gasteiger partial charge in [0.1, 0.15) is 13.1 Å². The number of amides is 2. The normalized spacial score (nSPS) is 20.2. The Balaban J connectivity index is 2.25. The molecule has 0 aromatic rings. The number of carbonyl (C=O) groups excluding carboxylic acids is 2. The number of nitrogens with two attached hydrogens (primary N) is 1. The van der Waals surface area contributed by atoms with Crippen LogP contribution >= 0.6 is 0 Å². The average Bonchev–Trinajstić information content (AvgIpc) is 2.28. The van der Waals surface area contributed by atoms with E-state index in [0.717, 1.165) is 25.9 Å².